The normalized spacial score (nSPS) is 10.7. The van der Waals surface area contributed by atoms with Crippen LogP contribution in [0.5, 0.6) is 11.5 Å². The first-order chi connectivity index (χ1) is 13.1. The molecule has 8 heteroatoms. The zero-order valence-corrected chi connectivity index (χ0v) is 15.0. The number of methoxy groups -OCH3 is 1. The van der Waals surface area contributed by atoms with Crippen molar-refractivity contribution in [1.29, 1.82) is 0 Å². The van der Waals surface area contributed by atoms with Crippen LogP contribution in [0.25, 0.3) is 0 Å². The Kier molecular flexibility index (Phi) is 5.78. The largest absolute Gasteiger partial charge is 0.493 e. The fourth-order valence-corrected chi connectivity index (χ4v) is 2.27. The molecule has 0 fully saturated rings. The molecule has 0 saturated heterocycles. The van der Waals surface area contributed by atoms with Crippen LogP contribution in [0.1, 0.15) is 16.7 Å². The number of nitrogens with one attached hydrogen (secondary N) is 2. The van der Waals surface area contributed by atoms with E-state index in [1.54, 1.807) is 19.4 Å². The quantitative estimate of drug-likeness (QED) is 0.493. The van der Waals surface area contributed by atoms with Crippen LogP contribution in [0.3, 0.4) is 0 Å². The standard InChI is InChI=1S/C19H19N5O3/c1-13-3-5-14(6-4-13)12-27-17-9-15(7-8-16(17)26-2)10-20-23-18-11-21-24-19(25)22-18/h3-11H,12H2,1-2H3,(H2,22,23,24,25)/b20-10+. The Balaban J connectivity index is 1.69. The molecule has 1 heterocycles. The van der Waals surface area contributed by atoms with Crippen LogP contribution < -0.4 is 20.6 Å². The summed E-state index contributed by atoms with van der Waals surface area (Å²) in [5.74, 6) is 1.49. The average molecular weight is 365 g/mol. The number of ether oxygens (including phenoxy) is 2. The maximum atomic E-state index is 11.1. The van der Waals surface area contributed by atoms with E-state index in [9.17, 15) is 4.79 Å². The van der Waals surface area contributed by atoms with Gasteiger partial charge in [-0.2, -0.15) is 15.2 Å². The van der Waals surface area contributed by atoms with Crippen LogP contribution in [0.15, 0.2) is 58.6 Å². The van der Waals surface area contributed by atoms with E-state index in [0.29, 0.717) is 18.1 Å². The zero-order valence-electron chi connectivity index (χ0n) is 15.0. The second-order valence-corrected chi connectivity index (χ2v) is 5.73. The lowest BCUT2D eigenvalue weighted by atomic mass is 10.1. The number of anilines is 1. The highest BCUT2D eigenvalue weighted by Crippen LogP contribution is 2.28. The van der Waals surface area contributed by atoms with E-state index in [-0.39, 0.29) is 5.82 Å². The first kappa shape index (κ1) is 18.1. The molecule has 2 N–H and O–H groups in total. The molecule has 2 aromatic carbocycles. The summed E-state index contributed by atoms with van der Waals surface area (Å²) in [5, 5.41) is 9.87. The fraction of sp³-hybridized carbons (Fsp3) is 0.158. The van der Waals surface area contributed by atoms with Crippen molar-refractivity contribution in [3.63, 3.8) is 0 Å². The number of nitrogens with zero attached hydrogens (tertiary/aromatic N) is 3. The molecule has 0 saturated carbocycles. The summed E-state index contributed by atoms with van der Waals surface area (Å²) in [4.78, 5) is 14.8. The van der Waals surface area contributed by atoms with Gasteiger partial charge in [-0.3, -0.25) is 5.43 Å². The number of aromatic nitrogens is 3. The van der Waals surface area contributed by atoms with Gasteiger partial charge in [-0.15, -0.1) is 0 Å². The minimum Gasteiger partial charge on any atom is -0.493 e. The van der Waals surface area contributed by atoms with Gasteiger partial charge >= 0.3 is 5.69 Å². The second-order valence-electron chi connectivity index (χ2n) is 5.73. The number of rotatable bonds is 7. The van der Waals surface area contributed by atoms with Gasteiger partial charge in [0.25, 0.3) is 0 Å². The van der Waals surface area contributed by atoms with Gasteiger partial charge in [-0.25, -0.2) is 9.89 Å². The lowest BCUT2D eigenvalue weighted by molar-refractivity contribution is 0.284. The number of aromatic amines is 1. The van der Waals surface area contributed by atoms with Gasteiger partial charge in [0.15, 0.2) is 17.3 Å². The molecule has 0 amide bonds. The molecule has 1 aromatic heterocycles. The molecule has 0 aliphatic heterocycles. The van der Waals surface area contributed by atoms with Gasteiger partial charge < -0.3 is 9.47 Å². The number of benzene rings is 2. The Morgan fingerprint density at radius 3 is 2.74 bits per heavy atom. The van der Waals surface area contributed by atoms with E-state index < -0.39 is 5.69 Å². The average Bonchev–Trinajstić information content (AvgIpc) is 2.68. The van der Waals surface area contributed by atoms with Gasteiger partial charge in [0.05, 0.1) is 19.5 Å². The van der Waals surface area contributed by atoms with E-state index in [1.807, 2.05) is 43.3 Å². The first-order valence-electron chi connectivity index (χ1n) is 8.21. The Hall–Kier alpha value is -3.68. The summed E-state index contributed by atoms with van der Waals surface area (Å²) in [7, 11) is 1.59. The summed E-state index contributed by atoms with van der Waals surface area (Å²) < 4.78 is 11.3. The molecule has 0 aliphatic rings. The van der Waals surface area contributed by atoms with Gasteiger partial charge in [0, 0.05) is 0 Å². The van der Waals surface area contributed by atoms with Gasteiger partial charge in [0.2, 0.25) is 0 Å². The number of hydrogen-bond acceptors (Lipinski definition) is 7. The number of H-pyrrole nitrogens is 1. The number of hydrazone groups is 1. The first-order valence-corrected chi connectivity index (χ1v) is 8.21. The van der Waals surface area contributed by atoms with Crippen LogP contribution in [0.4, 0.5) is 5.82 Å². The Morgan fingerprint density at radius 1 is 1.19 bits per heavy atom. The van der Waals surface area contributed by atoms with Crippen LogP contribution >= 0.6 is 0 Å². The number of hydrogen-bond donors (Lipinski definition) is 2. The van der Waals surface area contributed by atoms with E-state index in [4.69, 9.17) is 9.47 Å². The topological polar surface area (TPSA) is 101 Å². The van der Waals surface area contributed by atoms with Crippen molar-refractivity contribution < 1.29 is 9.47 Å². The summed E-state index contributed by atoms with van der Waals surface area (Å²) in [6, 6.07) is 13.6. The zero-order chi connectivity index (χ0) is 19.1. The third-order valence-corrected chi connectivity index (χ3v) is 3.66. The third-order valence-electron chi connectivity index (χ3n) is 3.66. The fourth-order valence-electron chi connectivity index (χ4n) is 2.27. The molecule has 0 bridgehead atoms. The molecule has 0 unspecified atom stereocenters. The Morgan fingerprint density at radius 2 is 2.00 bits per heavy atom. The molecule has 3 aromatic rings. The molecule has 138 valence electrons. The van der Waals surface area contributed by atoms with Crippen molar-refractivity contribution in [2.24, 2.45) is 5.10 Å². The van der Waals surface area contributed by atoms with Gasteiger partial charge in [-0.05, 0) is 36.2 Å². The molecular formula is C19H19N5O3. The van der Waals surface area contributed by atoms with E-state index in [0.717, 1.165) is 11.1 Å². The monoisotopic (exact) mass is 365 g/mol. The van der Waals surface area contributed by atoms with Crippen LogP contribution in [0.2, 0.25) is 0 Å². The lowest BCUT2D eigenvalue weighted by Gasteiger charge is -2.11. The van der Waals surface area contributed by atoms with Gasteiger partial charge in [0.1, 0.15) is 6.61 Å². The highest BCUT2D eigenvalue weighted by molar-refractivity contribution is 5.81. The van der Waals surface area contributed by atoms with Crippen LogP contribution in [0, 0.1) is 6.92 Å². The minimum atomic E-state index is -0.550. The summed E-state index contributed by atoms with van der Waals surface area (Å²) in [6.45, 7) is 2.47. The van der Waals surface area contributed by atoms with Crippen molar-refractivity contribution >= 4 is 12.0 Å². The lowest BCUT2D eigenvalue weighted by Crippen LogP contribution is -2.13. The summed E-state index contributed by atoms with van der Waals surface area (Å²) in [5.41, 5.74) is 5.16. The maximum absolute atomic E-state index is 11.1. The van der Waals surface area contributed by atoms with E-state index in [2.05, 4.69) is 25.7 Å². The van der Waals surface area contributed by atoms with Crippen molar-refractivity contribution in [2.45, 2.75) is 13.5 Å². The smallest absolute Gasteiger partial charge is 0.363 e. The molecular weight excluding hydrogens is 346 g/mol. The minimum absolute atomic E-state index is 0.249. The van der Waals surface area contributed by atoms with Crippen molar-refractivity contribution in [3.05, 3.63) is 75.8 Å². The van der Waals surface area contributed by atoms with Crippen molar-refractivity contribution in [2.75, 3.05) is 12.5 Å². The number of aryl methyl sites for hydroxylation is 1. The van der Waals surface area contributed by atoms with Gasteiger partial charge in [-0.1, -0.05) is 29.8 Å². The molecule has 0 aliphatic carbocycles. The SMILES string of the molecule is COc1ccc(/C=N/Nc2cn[nH]c(=O)n2)cc1OCc1ccc(C)cc1. The molecule has 8 nitrogen and oxygen atoms in total. The highest BCUT2D eigenvalue weighted by atomic mass is 16.5. The molecule has 27 heavy (non-hydrogen) atoms. The second kappa shape index (κ2) is 8.61. The molecule has 0 spiro atoms. The predicted octanol–water partition coefficient (Wildman–Crippen LogP) is 2.51. The maximum Gasteiger partial charge on any atom is 0.363 e. The highest BCUT2D eigenvalue weighted by Gasteiger charge is 2.06. The van der Waals surface area contributed by atoms with Crippen LogP contribution in [-0.4, -0.2) is 28.5 Å². The molecule has 0 atom stereocenters. The Bertz CT molecular complexity index is 983. The Labute approximate surface area is 155 Å². The summed E-state index contributed by atoms with van der Waals surface area (Å²) in [6.07, 6.45) is 2.95. The van der Waals surface area contributed by atoms with Crippen molar-refractivity contribution in [3.8, 4) is 11.5 Å². The third kappa shape index (κ3) is 5.15. The van der Waals surface area contributed by atoms with E-state index >= 15 is 0 Å². The molecule has 0 radical (unpaired) electrons. The summed E-state index contributed by atoms with van der Waals surface area (Å²) >= 11 is 0. The van der Waals surface area contributed by atoms with Crippen molar-refractivity contribution in [1.82, 2.24) is 15.2 Å². The van der Waals surface area contributed by atoms with E-state index in [1.165, 1.54) is 11.8 Å². The van der Waals surface area contributed by atoms with Crippen LogP contribution in [-0.2, 0) is 6.61 Å². The predicted molar refractivity (Wildman–Crippen MR) is 102 cm³/mol. The molecule has 3 rings (SSSR count).